The Balaban J connectivity index is 2.42. The van der Waals surface area contributed by atoms with E-state index in [2.05, 4.69) is 6.58 Å². The summed E-state index contributed by atoms with van der Waals surface area (Å²) in [7, 11) is -5.12. The van der Waals surface area contributed by atoms with Crippen molar-refractivity contribution in [1.29, 1.82) is 0 Å². The molecule has 0 radical (unpaired) electrons. The quantitative estimate of drug-likeness (QED) is 0.0532. The van der Waals surface area contributed by atoms with Crippen molar-refractivity contribution in [2.45, 2.75) is 155 Å². The van der Waals surface area contributed by atoms with Crippen LogP contribution in [0.2, 0.25) is 0 Å². The highest BCUT2D eigenvalue weighted by atomic mass is 31.2. The minimum absolute atomic E-state index is 0.198. The lowest BCUT2D eigenvalue weighted by molar-refractivity contribution is -0.355. The number of allylic oxidation sites excluding steroid dienone is 1. The van der Waals surface area contributed by atoms with Crippen LogP contribution in [0.5, 0.6) is 0 Å². The molecule has 2 rings (SSSR count). The Morgan fingerprint density at radius 1 is 0.630 bits per heavy atom. The largest absolute Gasteiger partial charge is 0.756 e. The number of carbonyl (C=O) groups excluding carboxylic acids is 6. The summed E-state index contributed by atoms with van der Waals surface area (Å²) >= 11 is 0. The van der Waals surface area contributed by atoms with Gasteiger partial charge in [0, 0.05) is 41.5 Å². The molecule has 2 heterocycles. The van der Waals surface area contributed by atoms with Crippen molar-refractivity contribution in [2.75, 3.05) is 13.2 Å². The van der Waals surface area contributed by atoms with E-state index in [1.165, 1.54) is 6.92 Å². The van der Waals surface area contributed by atoms with E-state index in [9.17, 15) is 38.2 Å². The Kier molecular flexibility index (Phi) is 19.7. The van der Waals surface area contributed by atoms with E-state index < -0.39 is 112 Å². The van der Waals surface area contributed by atoms with Gasteiger partial charge >= 0.3 is 35.8 Å². The molecule has 0 aromatic rings. The number of rotatable bonds is 21. The van der Waals surface area contributed by atoms with Crippen LogP contribution in [0, 0.1) is 0 Å². The standard InChI is InChI=1S/C34H53O19P/c1-9-10-11-12-13-14-15-16-17-44-54(41,42)53-34-32(50-25(8)40)29(47-22(5)37)27(19(2)45-34)52-33-31(49-24(7)39)30(48-23(6)38)28(46-21(4)36)26(51-33)18-43-20(3)35/h9,19,26-34H,1,10-18H2,2-8H3,(H,41,42)/p-1/t19-,26-,27-,28+,29+,30+,31-,32+,33+,34-/m1/s1. The molecule has 1 unspecified atom stereocenters. The van der Waals surface area contributed by atoms with Crippen molar-refractivity contribution < 1.29 is 89.9 Å². The molecule has 2 fully saturated rings. The minimum atomic E-state index is -5.12. The molecular weight excluding hydrogens is 743 g/mol. The van der Waals surface area contributed by atoms with E-state index >= 15 is 0 Å². The van der Waals surface area contributed by atoms with Gasteiger partial charge in [-0.05, 0) is 26.2 Å². The maximum absolute atomic E-state index is 12.9. The van der Waals surface area contributed by atoms with Crippen LogP contribution in [0.25, 0.3) is 0 Å². The zero-order chi connectivity index (χ0) is 40.6. The second-order valence-electron chi connectivity index (χ2n) is 12.6. The molecule has 2 saturated heterocycles. The number of esters is 6. The maximum Gasteiger partial charge on any atom is 0.303 e. The van der Waals surface area contributed by atoms with Crippen LogP contribution in [0.3, 0.4) is 0 Å². The van der Waals surface area contributed by atoms with Crippen molar-refractivity contribution in [1.82, 2.24) is 0 Å². The molecule has 19 nitrogen and oxygen atoms in total. The molecule has 54 heavy (non-hydrogen) atoms. The number of unbranched alkanes of at least 4 members (excludes halogenated alkanes) is 6. The lowest BCUT2D eigenvalue weighted by Crippen LogP contribution is -2.66. The lowest BCUT2D eigenvalue weighted by Gasteiger charge is -2.48. The van der Waals surface area contributed by atoms with Crippen LogP contribution in [-0.4, -0.2) is 110 Å². The van der Waals surface area contributed by atoms with Gasteiger partial charge in [-0.15, -0.1) is 6.58 Å². The number of carbonyl (C=O) groups is 6. The van der Waals surface area contributed by atoms with Crippen molar-refractivity contribution in [2.24, 2.45) is 0 Å². The second kappa shape index (κ2) is 22.8. The van der Waals surface area contributed by atoms with E-state index in [1.807, 2.05) is 6.08 Å². The zero-order valence-corrected chi connectivity index (χ0v) is 32.5. The zero-order valence-electron chi connectivity index (χ0n) is 31.6. The fourth-order valence-electron chi connectivity index (χ4n) is 5.77. The minimum Gasteiger partial charge on any atom is -0.756 e. The summed E-state index contributed by atoms with van der Waals surface area (Å²) in [6.45, 7) is 10.5. The van der Waals surface area contributed by atoms with Gasteiger partial charge in [-0.25, -0.2) is 0 Å². The van der Waals surface area contributed by atoms with Crippen molar-refractivity contribution in [3.05, 3.63) is 12.7 Å². The Bertz CT molecular complexity index is 1340. The summed E-state index contributed by atoms with van der Waals surface area (Å²) in [6.07, 6.45) is -8.34. The Labute approximate surface area is 314 Å². The smallest absolute Gasteiger partial charge is 0.303 e. The summed E-state index contributed by atoms with van der Waals surface area (Å²) in [6, 6.07) is 0. The molecule has 0 N–H and O–H groups in total. The lowest BCUT2D eigenvalue weighted by atomic mass is 9.96. The highest BCUT2D eigenvalue weighted by Crippen LogP contribution is 2.44. The second-order valence-corrected chi connectivity index (χ2v) is 14.0. The summed E-state index contributed by atoms with van der Waals surface area (Å²) < 4.78 is 73.4. The molecule has 2 aliphatic heterocycles. The van der Waals surface area contributed by atoms with Gasteiger partial charge in [0.25, 0.3) is 7.82 Å². The van der Waals surface area contributed by atoms with Crippen molar-refractivity contribution in [3.8, 4) is 0 Å². The Morgan fingerprint density at radius 2 is 1.09 bits per heavy atom. The molecule has 0 aromatic heterocycles. The molecule has 0 aliphatic carbocycles. The van der Waals surface area contributed by atoms with Gasteiger partial charge in [-0.1, -0.05) is 31.8 Å². The van der Waals surface area contributed by atoms with E-state index in [-0.39, 0.29) is 6.61 Å². The summed E-state index contributed by atoms with van der Waals surface area (Å²) in [4.78, 5) is 86.0. The molecule has 0 bridgehead atoms. The van der Waals surface area contributed by atoms with Gasteiger partial charge in [0.1, 0.15) is 18.8 Å². The molecule has 0 aromatic carbocycles. The topological polar surface area (TPSA) is 244 Å². The molecular formula is C34H52O19P-. The van der Waals surface area contributed by atoms with Gasteiger partial charge in [-0.2, -0.15) is 0 Å². The fourth-order valence-corrected chi connectivity index (χ4v) is 6.61. The highest BCUT2D eigenvalue weighted by Gasteiger charge is 2.57. The van der Waals surface area contributed by atoms with Gasteiger partial charge in [0.05, 0.1) is 12.7 Å². The predicted octanol–water partition coefficient (Wildman–Crippen LogP) is 2.48. The number of hydrogen-bond donors (Lipinski definition) is 0. The molecule has 0 spiro atoms. The third kappa shape index (κ3) is 16.1. The van der Waals surface area contributed by atoms with E-state index in [1.54, 1.807) is 0 Å². The third-order valence-corrected chi connectivity index (χ3v) is 8.82. The number of phosphoric ester groups is 1. The number of phosphoric acid groups is 1. The maximum atomic E-state index is 12.9. The fraction of sp³-hybridized carbons (Fsp3) is 0.765. The van der Waals surface area contributed by atoms with Crippen LogP contribution in [0.4, 0.5) is 0 Å². The Hall–Kier alpha value is -3.45. The molecule has 2 aliphatic rings. The van der Waals surface area contributed by atoms with Crippen molar-refractivity contribution in [3.63, 3.8) is 0 Å². The van der Waals surface area contributed by atoms with Crippen LogP contribution in [-0.2, 0) is 85.0 Å². The van der Waals surface area contributed by atoms with E-state index in [4.69, 9.17) is 51.7 Å². The normalized spacial score (nSPS) is 29.1. The molecule has 308 valence electrons. The third-order valence-electron chi connectivity index (χ3n) is 7.86. The summed E-state index contributed by atoms with van der Waals surface area (Å²) in [5.41, 5.74) is 0. The number of hydrogen-bond acceptors (Lipinski definition) is 19. The molecule has 0 saturated carbocycles. The van der Waals surface area contributed by atoms with Gasteiger partial charge in [0.2, 0.25) is 6.29 Å². The molecule has 20 heteroatoms. The number of ether oxygens (including phenoxy) is 9. The monoisotopic (exact) mass is 795 g/mol. The molecule has 11 atom stereocenters. The van der Waals surface area contributed by atoms with Gasteiger partial charge in [0.15, 0.2) is 36.8 Å². The summed E-state index contributed by atoms with van der Waals surface area (Å²) in [5, 5.41) is 0. The Morgan fingerprint density at radius 3 is 1.61 bits per heavy atom. The SMILES string of the molecule is C=CCCCCCCCCOP(=O)([O-])O[C@H]1O[C@H](C)[C@@H](O[C@@H]2O[C@H](COC(C)=O)[C@H](OC(C)=O)[C@H](OC(C)=O)[C@H]2OC(C)=O)[C@H](OC(C)=O)[C@@H]1OC(C)=O. The van der Waals surface area contributed by atoms with Crippen LogP contribution >= 0.6 is 7.82 Å². The van der Waals surface area contributed by atoms with E-state index in [0.29, 0.717) is 12.8 Å². The van der Waals surface area contributed by atoms with E-state index in [0.717, 1.165) is 73.6 Å². The van der Waals surface area contributed by atoms with Crippen LogP contribution in [0.15, 0.2) is 12.7 Å². The first kappa shape index (κ1) is 46.7. The van der Waals surface area contributed by atoms with Gasteiger partial charge < -0.3 is 52.0 Å². The average molecular weight is 796 g/mol. The predicted molar refractivity (Wildman–Crippen MR) is 179 cm³/mol. The highest BCUT2D eigenvalue weighted by molar-refractivity contribution is 7.45. The van der Waals surface area contributed by atoms with Gasteiger partial charge in [-0.3, -0.25) is 37.9 Å². The first-order valence-corrected chi connectivity index (χ1v) is 19.0. The average Bonchev–Trinajstić information content (AvgIpc) is 3.04. The van der Waals surface area contributed by atoms with Crippen molar-refractivity contribution >= 4 is 43.6 Å². The first-order chi connectivity index (χ1) is 25.3. The molecule has 0 amide bonds. The first-order valence-electron chi connectivity index (χ1n) is 17.6. The van der Waals surface area contributed by atoms with Crippen LogP contribution in [0.1, 0.15) is 93.4 Å². The van der Waals surface area contributed by atoms with Crippen LogP contribution < -0.4 is 4.89 Å². The summed E-state index contributed by atoms with van der Waals surface area (Å²) in [5.74, 6) is -5.30.